The van der Waals surface area contributed by atoms with Gasteiger partial charge >= 0.3 is 5.97 Å². The molecular formula is C37H38ClFN4O9. The Morgan fingerprint density at radius 1 is 0.981 bits per heavy atom. The molecule has 15 heteroatoms. The van der Waals surface area contributed by atoms with Gasteiger partial charge in [0.15, 0.2) is 5.82 Å². The number of aliphatic hydroxyl groups is 4. The van der Waals surface area contributed by atoms with Crippen LogP contribution in [0.5, 0.6) is 0 Å². The van der Waals surface area contributed by atoms with E-state index in [2.05, 4.69) is 10.5 Å². The predicted octanol–water partition coefficient (Wildman–Crippen LogP) is 2.60. The Kier molecular flexibility index (Phi) is 11.3. The van der Waals surface area contributed by atoms with Crippen molar-refractivity contribution in [2.75, 3.05) is 38.1 Å². The zero-order chi connectivity index (χ0) is 37.1. The van der Waals surface area contributed by atoms with E-state index in [1.165, 1.54) is 41.3 Å². The van der Waals surface area contributed by atoms with Gasteiger partial charge in [0.05, 0.1) is 29.0 Å². The predicted molar refractivity (Wildman–Crippen MR) is 188 cm³/mol. The Bertz CT molecular complexity index is 1910. The third-order valence-corrected chi connectivity index (χ3v) is 9.91. The second-order valence-electron chi connectivity index (χ2n) is 12.9. The van der Waals surface area contributed by atoms with Gasteiger partial charge in [-0.1, -0.05) is 47.1 Å². The van der Waals surface area contributed by atoms with Crippen molar-refractivity contribution in [2.24, 2.45) is 5.16 Å². The molecule has 0 radical (unpaired) electrons. The van der Waals surface area contributed by atoms with Crippen molar-refractivity contribution in [3.8, 4) is 0 Å². The molecule has 1 unspecified atom stereocenters. The van der Waals surface area contributed by atoms with E-state index in [0.29, 0.717) is 37.2 Å². The van der Waals surface area contributed by atoms with Crippen LogP contribution in [0.2, 0.25) is 5.02 Å². The largest absolute Gasteiger partial charge is 0.478 e. The summed E-state index contributed by atoms with van der Waals surface area (Å²) in [5.74, 6) is -2.85. The monoisotopic (exact) mass is 736 g/mol. The lowest BCUT2D eigenvalue weighted by Gasteiger charge is -2.38. The van der Waals surface area contributed by atoms with E-state index in [1.54, 1.807) is 12.1 Å². The molecule has 6 rings (SSSR count). The number of carboxylic acids is 1. The van der Waals surface area contributed by atoms with Gasteiger partial charge in [0.1, 0.15) is 18.2 Å². The average molecular weight is 737 g/mol. The van der Waals surface area contributed by atoms with Crippen molar-refractivity contribution in [2.45, 2.75) is 49.7 Å². The summed E-state index contributed by atoms with van der Waals surface area (Å²) < 4.78 is 14.8. The summed E-state index contributed by atoms with van der Waals surface area (Å²) >= 11 is 5.97. The molecule has 0 fully saturated rings. The Balaban J connectivity index is 1.26. The molecule has 0 bridgehead atoms. The molecule has 0 spiro atoms. The Morgan fingerprint density at radius 2 is 1.71 bits per heavy atom. The highest BCUT2D eigenvalue weighted by Crippen LogP contribution is 2.38. The molecule has 13 nitrogen and oxygen atoms in total. The van der Waals surface area contributed by atoms with E-state index in [0.717, 1.165) is 16.7 Å². The maximum atomic E-state index is 14.8. The summed E-state index contributed by atoms with van der Waals surface area (Å²) in [6.45, 7) is 0.528. The highest BCUT2D eigenvalue weighted by Gasteiger charge is 2.42. The smallest absolute Gasteiger partial charge is 0.335 e. The number of β-amino-alcohol motifs (C(OH)–C–C–N with tert-alkyl or cyclic N) is 1. The van der Waals surface area contributed by atoms with E-state index >= 15 is 0 Å². The molecule has 2 amide bonds. The van der Waals surface area contributed by atoms with E-state index in [9.17, 15) is 39.2 Å². The van der Waals surface area contributed by atoms with Crippen LogP contribution in [-0.2, 0) is 20.8 Å². The molecule has 3 aromatic rings. The molecule has 6 N–H and O–H groups in total. The summed E-state index contributed by atoms with van der Waals surface area (Å²) in [6, 6.07) is 14.6. The number of nitrogens with zero attached hydrogens (tertiary/aromatic N) is 3. The fourth-order valence-corrected chi connectivity index (χ4v) is 7.01. The number of carbonyl (C=O) groups excluding carboxylic acids is 2. The first kappa shape index (κ1) is 37.1. The third-order valence-electron chi connectivity index (χ3n) is 9.62. The lowest BCUT2D eigenvalue weighted by Crippen LogP contribution is -2.49. The number of benzene rings is 3. The number of carboxylic acid groups (broad SMARTS) is 1. The van der Waals surface area contributed by atoms with Crippen molar-refractivity contribution in [3.63, 3.8) is 0 Å². The number of rotatable bonds is 11. The first-order chi connectivity index (χ1) is 25.0. The summed E-state index contributed by atoms with van der Waals surface area (Å²) in [5, 5.41) is 55.3. The topological polar surface area (TPSA) is 192 Å². The van der Waals surface area contributed by atoms with Crippen molar-refractivity contribution < 1.29 is 49.1 Å². The number of carbonyl (C=O) groups is 3. The van der Waals surface area contributed by atoms with Gasteiger partial charge in [-0.05, 0) is 71.5 Å². The van der Waals surface area contributed by atoms with E-state index < -0.39 is 60.7 Å². The fourth-order valence-electron chi connectivity index (χ4n) is 6.84. The molecular weight excluding hydrogens is 699 g/mol. The molecule has 5 atom stereocenters. The summed E-state index contributed by atoms with van der Waals surface area (Å²) in [5.41, 5.74) is 4.08. The molecule has 0 aromatic heterocycles. The van der Waals surface area contributed by atoms with Crippen molar-refractivity contribution >= 4 is 46.4 Å². The molecule has 3 aromatic carbocycles. The quantitative estimate of drug-likeness (QED) is 0.171. The van der Waals surface area contributed by atoms with Gasteiger partial charge in [-0.15, -0.1) is 0 Å². The molecule has 0 saturated heterocycles. The molecule has 3 aliphatic heterocycles. The van der Waals surface area contributed by atoms with Crippen LogP contribution >= 0.6 is 11.6 Å². The number of halogens is 2. The van der Waals surface area contributed by atoms with Gasteiger partial charge in [-0.2, -0.15) is 0 Å². The fraction of sp³-hybridized carbons (Fsp3) is 0.351. The molecule has 0 saturated carbocycles. The number of oxime groups is 1. The molecule has 274 valence electrons. The van der Waals surface area contributed by atoms with Crippen LogP contribution in [0.15, 0.2) is 71.9 Å². The number of nitrogens with one attached hydrogen (secondary N) is 1. The maximum Gasteiger partial charge on any atom is 0.335 e. The van der Waals surface area contributed by atoms with E-state index in [-0.39, 0.29) is 41.4 Å². The Morgan fingerprint density at radius 3 is 2.40 bits per heavy atom. The second kappa shape index (κ2) is 15.9. The highest BCUT2D eigenvalue weighted by molar-refractivity contribution is 6.31. The van der Waals surface area contributed by atoms with Crippen molar-refractivity contribution in [1.82, 2.24) is 9.80 Å². The standard InChI is InChI=1S/C37H38ClFN4O9/c38-27-6-2-5-26(32(27)39)28-17-31(52-41-28)36(49)43-16-13-24-23(20-11-14-42(15-12-20)18-29(45)34(47)30(46)19-44)3-1-4-25(24)33(43)35(48)40-22-9-7-21(8-10-22)37(50)51/h1-11,29-31,33-34,44-47H,12-19H2,(H,40,48)(H,50,51)/t29-,30+,31?,33-,34+/m0/s1. The average Bonchev–Trinajstić information content (AvgIpc) is 3.65. The number of aromatic carboxylic acids is 1. The molecule has 3 aliphatic rings. The number of fused-ring (bicyclic) bond motifs is 1. The number of aliphatic hydroxyl groups excluding tert-OH is 4. The van der Waals surface area contributed by atoms with Crippen molar-refractivity contribution in [3.05, 3.63) is 105 Å². The lowest BCUT2D eigenvalue weighted by atomic mass is 9.84. The van der Waals surface area contributed by atoms with Crippen LogP contribution in [0.1, 0.15) is 51.5 Å². The zero-order valence-corrected chi connectivity index (χ0v) is 28.6. The minimum Gasteiger partial charge on any atom is -0.478 e. The van der Waals surface area contributed by atoms with Crippen LogP contribution < -0.4 is 5.32 Å². The van der Waals surface area contributed by atoms with Crippen molar-refractivity contribution in [1.29, 1.82) is 0 Å². The minimum atomic E-state index is -1.49. The van der Waals surface area contributed by atoms with Crippen LogP contribution in [0, 0.1) is 5.82 Å². The van der Waals surface area contributed by atoms with Crippen LogP contribution in [0.25, 0.3) is 5.57 Å². The number of hydrogen-bond donors (Lipinski definition) is 6. The molecule has 52 heavy (non-hydrogen) atoms. The first-order valence-corrected chi connectivity index (χ1v) is 17.1. The SMILES string of the molecule is O=C(O)c1ccc(NC(=O)[C@@H]2c3cccc(C4=CCN(C[C@H](O)[C@@H](O)[C@H](O)CO)CC4)c3CCN2C(=O)C2CC(c3cccc(Cl)c3F)=NO2)cc1. The van der Waals surface area contributed by atoms with Crippen LogP contribution in [0.3, 0.4) is 0 Å². The Hall–Kier alpha value is -4.70. The van der Waals surface area contributed by atoms with Gasteiger partial charge in [0.2, 0.25) is 6.10 Å². The normalized spacial score (nSPS) is 20.5. The second-order valence-corrected chi connectivity index (χ2v) is 13.3. The number of amides is 2. The van der Waals surface area contributed by atoms with Gasteiger partial charge in [-0.25, -0.2) is 9.18 Å². The highest BCUT2D eigenvalue weighted by atomic mass is 35.5. The third kappa shape index (κ3) is 7.72. The summed E-state index contributed by atoms with van der Waals surface area (Å²) in [6.07, 6.45) is -2.40. The van der Waals surface area contributed by atoms with Crippen LogP contribution in [-0.4, -0.2) is 116 Å². The summed E-state index contributed by atoms with van der Waals surface area (Å²) in [4.78, 5) is 48.5. The minimum absolute atomic E-state index is 0.0422. The van der Waals surface area contributed by atoms with E-state index in [4.69, 9.17) is 21.5 Å². The van der Waals surface area contributed by atoms with E-state index in [1.807, 2.05) is 23.1 Å². The van der Waals surface area contributed by atoms with Gasteiger partial charge in [-0.3, -0.25) is 14.5 Å². The molecule has 3 heterocycles. The van der Waals surface area contributed by atoms with Gasteiger partial charge in [0, 0.05) is 43.9 Å². The van der Waals surface area contributed by atoms with Crippen LogP contribution in [0.4, 0.5) is 10.1 Å². The Labute approximate surface area is 303 Å². The van der Waals surface area contributed by atoms with Gasteiger partial charge in [0.25, 0.3) is 11.8 Å². The summed E-state index contributed by atoms with van der Waals surface area (Å²) in [7, 11) is 0. The first-order valence-electron chi connectivity index (χ1n) is 16.8. The zero-order valence-electron chi connectivity index (χ0n) is 27.9. The maximum absolute atomic E-state index is 14.8. The lowest BCUT2D eigenvalue weighted by molar-refractivity contribution is -0.148. The number of hydrogen-bond acceptors (Lipinski definition) is 10. The van der Waals surface area contributed by atoms with Gasteiger partial charge < -0.3 is 40.6 Å². The number of anilines is 1. The molecule has 0 aliphatic carbocycles.